The van der Waals surface area contributed by atoms with Crippen LogP contribution in [0.1, 0.15) is 15.9 Å². The molecule has 2 aromatic rings. The first-order valence-electron chi connectivity index (χ1n) is 6.22. The molecule has 0 atom stereocenters. The number of anilines is 1. The third kappa shape index (κ3) is 3.57. The summed E-state index contributed by atoms with van der Waals surface area (Å²) in [7, 11) is 1.85. The van der Waals surface area contributed by atoms with E-state index < -0.39 is 5.97 Å². The lowest BCUT2D eigenvalue weighted by Gasteiger charge is -2.20. The molecule has 0 amide bonds. The Kier molecular flexibility index (Phi) is 4.74. The lowest BCUT2D eigenvalue weighted by molar-refractivity contribution is 0.0697. The molecule has 1 heterocycles. The number of aromatic carboxylic acids is 1. The predicted octanol–water partition coefficient (Wildman–Crippen LogP) is 3.22. The second-order valence-corrected chi connectivity index (χ2v) is 5.40. The summed E-state index contributed by atoms with van der Waals surface area (Å²) in [6.45, 7) is 0.707. The molecule has 0 saturated carbocycles. The van der Waals surface area contributed by atoms with Crippen molar-refractivity contribution in [3.05, 3.63) is 58.2 Å². The van der Waals surface area contributed by atoms with Crippen LogP contribution in [0.25, 0.3) is 0 Å². The Labute approximate surface area is 126 Å². The predicted molar refractivity (Wildman–Crippen MR) is 82.3 cm³/mol. The molecule has 2 rings (SSSR count). The molecule has 5 heteroatoms. The molecule has 0 bridgehead atoms. The van der Waals surface area contributed by atoms with Crippen molar-refractivity contribution in [1.29, 1.82) is 0 Å². The zero-order valence-corrected chi connectivity index (χ0v) is 12.7. The normalized spacial score (nSPS) is 10.3. The highest BCUT2D eigenvalue weighted by Gasteiger charge is 2.15. The van der Waals surface area contributed by atoms with Crippen molar-refractivity contribution in [3.63, 3.8) is 0 Å². The topological polar surface area (TPSA) is 53.4 Å². The van der Waals surface area contributed by atoms with Crippen LogP contribution in [-0.4, -0.2) is 29.7 Å². The summed E-state index contributed by atoms with van der Waals surface area (Å²) in [6.07, 6.45) is 2.45. The van der Waals surface area contributed by atoms with Crippen LogP contribution in [0, 0.1) is 0 Å². The van der Waals surface area contributed by atoms with Crippen LogP contribution in [0.3, 0.4) is 0 Å². The minimum absolute atomic E-state index is 0.204. The van der Waals surface area contributed by atoms with Gasteiger partial charge in [0.25, 0.3) is 0 Å². The molecule has 0 aliphatic carbocycles. The lowest BCUT2D eigenvalue weighted by atomic mass is 10.1. The highest BCUT2D eigenvalue weighted by molar-refractivity contribution is 9.10. The van der Waals surface area contributed by atoms with Crippen molar-refractivity contribution < 1.29 is 9.90 Å². The number of halogens is 1. The Morgan fingerprint density at radius 1 is 1.35 bits per heavy atom. The quantitative estimate of drug-likeness (QED) is 0.912. The van der Waals surface area contributed by atoms with Crippen molar-refractivity contribution in [1.82, 2.24) is 4.98 Å². The van der Waals surface area contributed by atoms with Gasteiger partial charge in [-0.3, -0.25) is 0 Å². The summed E-state index contributed by atoms with van der Waals surface area (Å²) in [5, 5.41) is 9.24. The minimum atomic E-state index is -0.972. The Hall–Kier alpha value is -1.88. The van der Waals surface area contributed by atoms with E-state index in [0.717, 1.165) is 6.42 Å². The SMILES string of the molecule is CN(CCc1ccccc1)c1ncc(Br)cc1C(=O)O. The molecular weight excluding hydrogens is 320 g/mol. The van der Waals surface area contributed by atoms with E-state index in [1.165, 1.54) is 5.56 Å². The zero-order chi connectivity index (χ0) is 14.5. The first-order valence-corrected chi connectivity index (χ1v) is 7.01. The number of benzene rings is 1. The second kappa shape index (κ2) is 6.52. The largest absolute Gasteiger partial charge is 0.478 e. The minimum Gasteiger partial charge on any atom is -0.478 e. The van der Waals surface area contributed by atoms with Gasteiger partial charge in [0.15, 0.2) is 0 Å². The standard InChI is InChI=1S/C15H15BrN2O2/c1-18(8-7-11-5-3-2-4-6-11)14-13(15(19)20)9-12(16)10-17-14/h2-6,9-10H,7-8H2,1H3,(H,19,20). The van der Waals surface area contributed by atoms with Crippen molar-refractivity contribution in [2.45, 2.75) is 6.42 Å². The van der Waals surface area contributed by atoms with Crippen LogP contribution in [0.2, 0.25) is 0 Å². The second-order valence-electron chi connectivity index (χ2n) is 4.49. The average molecular weight is 335 g/mol. The molecule has 0 aliphatic rings. The monoisotopic (exact) mass is 334 g/mol. The van der Waals surface area contributed by atoms with Gasteiger partial charge < -0.3 is 10.0 Å². The van der Waals surface area contributed by atoms with E-state index in [1.807, 2.05) is 30.1 Å². The van der Waals surface area contributed by atoms with Crippen LogP contribution >= 0.6 is 15.9 Å². The molecule has 104 valence electrons. The summed E-state index contributed by atoms with van der Waals surface area (Å²) in [4.78, 5) is 17.3. The molecular formula is C15H15BrN2O2. The van der Waals surface area contributed by atoms with Crippen LogP contribution in [0.15, 0.2) is 47.1 Å². The number of carboxylic acid groups (broad SMARTS) is 1. The maximum absolute atomic E-state index is 11.3. The fraction of sp³-hybridized carbons (Fsp3) is 0.200. The summed E-state index contributed by atoms with van der Waals surface area (Å²) < 4.78 is 0.662. The smallest absolute Gasteiger partial charge is 0.339 e. The molecule has 20 heavy (non-hydrogen) atoms. The summed E-state index contributed by atoms with van der Waals surface area (Å²) in [5.41, 5.74) is 1.42. The summed E-state index contributed by atoms with van der Waals surface area (Å²) in [5.74, 6) is -0.489. The van der Waals surface area contributed by atoms with Gasteiger partial charge in [-0.25, -0.2) is 9.78 Å². The molecule has 0 saturated heterocycles. The van der Waals surface area contributed by atoms with Gasteiger partial charge in [-0.05, 0) is 34.0 Å². The molecule has 1 aromatic carbocycles. The number of nitrogens with zero attached hydrogens (tertiary/aromatic N) is 2. The highest BCUT2D eigenvalue weighted by Crippen LogP contribution is 2.21. The van der Waals surface area contributed by atoms with E-state index in [-0.39, 0.29) is 5.56 Å². The first-order chi connectivity index (χ1) is 9.58. The van der Waals surface area contributed by atoms with E-state index in [9.17, 15) is 9.90 Å². The maximum Gasteiger partial charge on any atom is 0.339 e. The summed E-state index contributed by atoms with van der Waals surface area (Å²) in [6, 6.07) is 11.7. The lowest BCUT2D eigenvalue weighted by Crippen LogP contribution is -2.23. The van der Waals surface area contributed by atoms with E-state index in [1.54, 1.807) is 12.3 Å². The number of aromatic nitrogens is 1. The highest BCUT2D eigenvalue weighted by atomic mass is 79.9. The van der Waals surface area contributed by atoms with Gasteiger partial charge >= 0.3 is 5.97 Å². The number of hydrogen-bond donors (Lipinski definition) is 1. The van der Waals surface area contributed by atoms with Crippen molar-refractivity contribution >= 4 is 27.7 Å². The number of pyridine rings is 1. The number of hydrogen-bond acceptors (Lipinski definition) is 3. The average Bonchev–Trinajstić information content (AvgIpc) is 2.45. The molecule has 4 nitrogen and oxygen atoms in total. The number of carboxylic acids is 1. The van der Waals surface area contributed by atoms with E-state index >= 15 is 0 Å². The number of carbonyl (C=O) groups is 1. The van der Waals surface area contributed by atoms with E-state index in [0.29, 0.717) is 16.8 Å². The molecule has 0 radical (unpaired) electrons. The van der Waals surface area contributed by atoms with Gasteiger partial charge in [-0.2, -0.15) is 0 Å². The fourth-order valence-corrected chi connectivity index (χ4v) is 2.27. The maximum atomic E-state index is 11.3. The van der Waals surface area contributed by atoms with Crippen molar-refractivity contribution in [3.8, 4) is 0 Å². The van der Waals surface area contributed by atoms with Crippen LogP contribution in [0.5, 0.6) is 0 Å². The van der Waals surface area contributed by atoms with Crippen LogP contribution in [-0.2, 0) is 6.42 Å². The molecule has 0 unspecified atom stereocenters. The molecule has 0 fully saturated rings. The molecule has 0 spiro atoms. The third-order valence-electron chi connectivity index (χ3n) is 3.00. The zero-order valence-electron chi connectivity index (χ0n) is 11.1. The Balaban J connectivity index is 2.13. The van der Waals surface area contributed by atoms with Gasteiger partial charge in [0.2, 0.25) is 0 Å². The Bertz CT molecular complexity index is 602. The molecule has 1 N–H and O–H groups in total. The third-order valence-corrected chi connectivity index (χ3v) is 3.44. The van der Waals surface area contributed by atoms with E-state index in [2.05, 4.69) is 33.0 Å². The molecule has 1 aromatic heterocycles. The van der Waals surface area contributed by atoms with Gasteiger partial charge in [0, 0.05) is 24.3 Å². The summed E-state index contributed by atoms with van der Waals surface area (Å²) >= 11 is 3.25. The molecule has 0 aliphatic heterocycles. The van der Waals surface area contributed by atoms with Crippen molar-refractivity contribution in [2.75, 3.05) is 18.5 Å². The van der Waals surface area contributed by atoms with Gasteiger partial charge in [-0.15, -0.1) is 0 Å². The van der Waals surface area contributed by atoms with Crippen molar-refractivity contribution in [2.24, 2.45) is 0 Å². The van der Waals surface area contributed by atoms with Gasteiger partial charge in [0.05, 0.1) is 0 Å². The van der Waals surface area contributed by atoms with Gasteiger partial charge in [0.1, 0.15) is 11.4 Å². The van der Waals surface area contributed by atoms with E-state index in [4.69, 9.17) is 0 Å². The Morgan fingerprint density at radius 3 is 2.70 bits per heavy atom. The Morgan fingerprint density at radius 2 is 2.05 bits per heavy atom. The number of rotatable bonds is 5. The first kappa shape index (κ1) is 14.5. The van der Waals surface area contributed by atoms with Crippen LogP contribution in [0.4, 0.5) is 5.82 Å². The number of likely N-dealkylation sites (N-methyl/N-ethyl adjacent to an activating group) is 1. The fourth-order valence-electron chi connectivity index (χ4n) is 1.94. The van der Waals surface area contributed by atoms with Gasteiger partial charge in [-0.1, -0.05) is 30.3 Å². The van der Waals surface area contributed by atoms with Crippen LogP contribution < -0.4 is 4.90 Å².